The predicted molar refractivity (Wildman–Crippen MR) is 45.6 cm³/mol. The van der Waals surface area contributed by atoms with E-state index < -0.39 is 5.82 Å². The molecule has 64 valence electrons. The Labute approximate surface area is 71.2 Å². The zero-order valence-corrected chi connectivity index (χ0v) is 7.01. The summed E-state index contributed by atoms with van der Waals surface area (Å²) < 4.78 is 12.9. The zero-order chi connectivity index (χ0) is 8.97. The SMILES string of the molecule is CCCC(=O)c1ccccc1F. The Hall–Kier alpha value is -1.18. The number of halogens is 1. The second-order valence-electron chi connectivity index (χ2n) is 2.65. The Balaban J connectivity index is 2.87. The van der Waals surface area contributed by atoms with Gasteiger partial charge < -0.3 is 0 Å². The van der Waals surface area contributed by atoms with Crippen LogP contribution in [0.3, 0.4) is 0 Å². The quantitative estimate of drug-likeness (QED) is 0.631. The van der Waals surface area contributed by atoms with E-state index in [9.17, 15) is 9.18 Å². The van der Waals surface area contributed by atoms with E-state index in [1.165, 1.54) is 12.1 Å². The second kappa shape index (κ2) is 4.00. The molecule has 1 aromatic carbocycles. The van der Waals surface area contributed by atoms with E-state index in [0.29, 0.717) is 6.42 Å². The molecule has 1 nitrogen and oxygen atoms in total. The highest BCUT2D eigenvalue weighted by Crippen LogP contribution is 2.09. The number of ketones is 1. The summed E-state index contributed by atoms with van der Waals surface area (Å²) in [6.45, 7) is 1.90. The van der Waals surface area contributed by atoms with Crippen LogP contribution >= 0.6 is 0 Å². The van der Waals surface area contributed by atoms with Gasteiger partial charge in [0.2, 0.25) is 0 Å². The van der Waals surface area contributed by atoms with Gasteiger partial charge in [0.05, 0.1) is 5.56 Å². The minimum absolute atomic E-state index is 0.115. The molecule has 0 saturated carbocycles. The molecule has 1 rings (SSSR count). The monoisotopic (exact) mass is 166 g/mol. The molecule has 12 heavy (non-hydrogen) atoms. The average molecular weight is 166 g/mol. The fourth-order valence-electron chi connectivity index (χ4n) is 1.05. The maximum Gasteiger partial charge on any atom is 0.165 e. The zero-order valence-electron chi connectivity index (χ0n) is 7.01. The molecule has 0 fully saturated rings. The molecule has 2 heteroatoms. The first-order valence-corrected chi connectivity index (χ1v) is 4.03. The second-order valence-corrected chi connectivity index (χ2v) is 2.65. The topological polar surface area (TPSA) is 17.1 Å². The van der Waals surface area contributed by atoms with Gasteiger partial charge in [0.1, 0.15) is 5.82 Å². The van der Waals surface area contributed by atoms with Crippen molar-refractivity contribution >= 4 is 5.78 Å². The van der Waals surface area contributed by atoms with Gasteiger partial charge in [-0.15, -0.1) is 0 Å². The number of Topliss-reactive ketones (excluding diaryl/α,β-unsaturated/α-hetero) is 1. The summed E-state index contributed by atoms with van der Waals surface area (Å²) in [6.07, 6.45) is 1.17. The molecule has 0 unspecified atom stereocenters. The molecular formula is C10H11FO. The van der Waals surface area contributed by atoms with Gasteiger partial charge in [0, 0.05) is 6.42 Å². The fraction of sp³-hybridized carbons (Fsp3) is 0.300. The Bertz CT molecular complexity index is 281. The van der Waals surface area contributed by atoms with Crippen molar-refractivity contribution in [3.8, 4) is 0 Å². The predicted octanol–water partition coefficient (Wildman–Crippen LogP) is 2.81. The number of benzene rings is 1. The van der Waals surface area contributed by atoms with Crippen LogP contribution in [0.5, 0.6) is 0 Å². The molecule has 0 N–H and O–H groups in total. The number of hydrogen-bond acceptors (Lipinski definition) is 1. The van der Waals surface area contributed by atoms with Gasteiger partial charge in [-0.3, -0.25) is 4.79 Å². The van der Waals surface area contributed by atoms with Crippen LogP contribution in [-0.4, -0.2) is 5.78 Å². The molecular weight excluding hydrogens is 155 g/mol. The van der Waals surface area contributed by atoms with Gasteiger partial charge in [0.25, 0.3) is 0 Å². The summed E-state index contributed by atoms with van der Waals surface area (Å²) in [4.78, 5) is 11.2. The summed E-state index contributed by atoms with van der Waals surface area (Å²) in [7, 11) is 0. The fourth-order valence-corrected chi connectivity index (χ4v) is 1.05. The van der Waals surface area contributed by atoms with E-state index in [1.807, 2.05) is 6.92 Å². The van der Waals surface area contributed by atoms with Gasteiger partial charge in [0.15, 0.2) is 5.78 Å². The third-order valence-corrected chi connectivity index (χ3v) is 1.65. The largest absolute Gasteiger partial charge is 0.294 e. The lowest BCUT2D eigenvalue weighted by Crippen LogP contribution is -2.00. The van der Waals surface area contributed by atoms with Gasteiger partial charge in [-0.05, 0) is 18.6 Å². The van der Waals surface area contributed by atoms with E-state index in [4.69, 9.17) is 0 Å². The normalized spacial score (nSPS) is 9.83. The van der Waals surface area contributed by atoms with Crippen molar-refractivity contribution < 1.29 is 9.18 Å². The third kappa shape index (κ3) is 1.91. The van der Waals surface area contributed by atoms with E-state index >= 15 is 0 Å². The molecule has 0 bridgehead atoms. The molecule has 0 saturated heterocycles. The Morgan fingerprint density at radius 2 is 2.08 bits per heavy atom. The standard InChI is InChI=1S/C10H11FO/c1-2-5-10(12)8-6-3-4-7-9(8)11/h3-4,6-7H,2,5H2,1H3. The van der Waals surface area contributed by atoms with Crippen LogP contribution in [0.2, 0.25) is 0 Å². The maximum absolute atomic E-state index is 12.9. The lowest BCUT2D eigenvalue weighted by molar-refractivity contribution is 0.0978. The van der Waals surface area contributed by atoms with Crippen molar-refractivity contribution in [2.24, 2.45) is 0 Å². The highest BCUT2D eigenvalue weighted by Gasteiger charge is 2.08. The van der Waals surface area contributed by atoms with Crippen LogP contribution in [0.4, 0.5) is 4.39 Å². The third-order valence-electron chi connectivity index (χ3n) is 1.65. The summed E-state index contributed by atoms with van der Waals surface area (Å²) in [5.41, 5.74) is 0.208. The van der Waals surface area contributed by atoms with Gasteiger partial charge in [-0.2, -0.15) is 0 Å². The average Bonchev–Trinajstić information content (AvgIpc) is 2.05. The molecule has 0 spiro atoms. The van der Waals surface area contributed by atoms with Crippen molar-refractivity contribution in [1.29, 1.82) is 0 Å². The molecule has 1 aromatic rings. The lowest BCUT2D eigenvalue weighted by Gasteiger charge is -1.99. The Kier molecular flexibility index (Phi) is 2.97. The number of carbonyl (C=O) groups is 1. The smallest absolute Gasteiger partial charge is 0.165 e. The van der Waals surface area contributed by atoms with Gasteiger partial charge in [-0.25, -0.2) is 4.39 Å². The first-order chi connectivity index (χ1) is 5.75. The van der Waals surface area contributed by atoms with Crippen LogP contribution in [0.25, 0.3) is 0 Å². The van der Waals surface area contributed by atoms with Crippen molar-refractivity contribution in [2.45, 2.75) is 19.8 Å². The molecule has 0 radical (unpaired) electrons. The molecule has 0 heterocycles. The summed E-state index contributed by atoms with van der Waals surface area (Å²) in [6, 6.07) is 6.08. The van der Waals surface area contributed by atoms with Crippen molar-refractivity contribution in [1.82, 2.24) is 0 Å². The van der Waals surface area contributed by atoms with Crippen LogP contribution in [-0.2, 0) is 0 Å². The highest BCUT2D eigenvalue weighted by molar-refractivity contribution is 5.96. The highest BCUT2D eigenvalue weighted by atomic mass is 19.1. The summed E-state index contributed by atoms with van der Waals surface area (Å²) >= 11 is 0. The molecule has 0 atom stereocenters. The molecule has 0 amide bonds. The first kappa shape index (κ1) is 8.91. The first-order valence-electron chi connectivity index (χ1n) is 4.03. The minimum Gasteiger partial charge on any atom is -0.294 e. The van der Waals surface area contributed by atoms with E-state index in [2.05, 4.69) is 0 Å². The van der Waals surface area contributed by atoms with Crippen LogP contribution in [0.1, 0.15) is 30.1 Å². The maximum atomic E-state index is 12.9. The summed E-state index contributed by atoms with van der Waals surface area (Å²) in [5.74, 6) is -0.536. The van der Waals surface area contributed by atoms with Crippen LogP contribution in [0.15, 0.2) is 24.3 Å². The number of rotatable bonds is 3. The van der Waals surface area contributed by atoms with E-state index in [0.717, 1.165) is 6.42 Å². The Morgan fingerprint density at radius 3 is 2.67 bits per heavy atom. The lowest BCUT2D eigenvalue weighted by atomic mass is 10.1. The Morgan fingerprint density at radius 1 is 1.42 bits per heavy atom. The van der Waals surface area contributed by atoms with Crippen molar-refractivity contribution in [3.63, 3.8) is 0 Å². The van der Waals surface area contributed by atoms with Crippen molar-refractivity contribution in [3.05, 3.63) is 35.6 Å². The molecule has 0 aliphatic carbocycles. The van der Waals surface area contributed by atoms with E-state index in [1.54, 1.807) is 12.1 Å². The summed E-state index contributed by atoms with van der Waals surface area (Å²) in [5, 5.41) is 0. The van der Waals surface area contributed by atoms with E-state index in [-0.39, 0.29) is 11.3 Å². The van der Waals surface area contributed by atoms with Gasteiger partial charge in [-0.1, -0.05) is 19.1 Å². The number of carbonyl (C=O) groups excluding carboxylic acids is 1. The minimum atomic E-state index is -0.420. The van der Waals surface area contributed by atoms with Crippen molar-refractivity contribution in [2.75, 3.05) is 0 Å². The van der Waals surface area contributed by atoms with Gasteiger partial charge >= 0.3 is 0 Å². The molecule has 0 aliphatic rings. The van der Waals surface area contributed by atoms with Crippen LogP contribution in [0, 0.1) is 5.82 Å². The van der Waals surface area contributed by atoms with Crippen LogP contribution < -0.4 is 0 Å². The number of hydrogen-bond donors (Lipinski definition) is 0. The molecule has 0 aromatic heterocycles. The molecule has 0 aliphatic heterocycles.